The highest BCUT2D eigenvalue weighted by Crippen LogP contribution is 2.19. The number of carbonyl (C=O) groups is 2. The number of phenols is 1. The van der Waals surface area contributed by atoms with Crippen molar-refractivity contribution in [3.8, 4) is 11.8 Å². The average molecular weight is 315 g/mol. The van der Waals surface area contributed by atoms with Crippen molar-refractivity contribution in [2.45, 2.75) is 12.8 Å². The predicted octanol–water partition coefficient (Wildman–Crippen LogP) is 1.53. The number of phenolic OH excluding ortho intramolecular Hbond substituents is 1. The van der Waals surface area contributed by atoms with Crippen LogP contribution in [0.3, 0.4) is 0 Å². The van der Waals surface area contributed by atoms with Crippen molar-refractivity contribution in [2.24, 2.45) is 5.92 Å². The van der Waals surface area contributed by atoms with Gasteiger partial charge in [0.1, 0.15) is 17.4 Å². The monoisotopic (exact) mass is 315 g/mol. The maximum Gasteiger partial charge on any atom is 0.306 e. The number of amides is 1. The fourth-order valence-corrected chi connectivity index (χ4v) is 2.34. The topological polar surface area (TPSA) is 114 Å². The first kappa shape index (κ1) is 16.4. The largest absolute Gasteiger partial charge is 0.508 e. The molecule has 0 saturated carbocycles. The van der Waals surface area contributed by atoms with E-state index in [1.807, 2.05) is 6.07 Å². The number of benzene rings is 1. The molecular formula is C16H17N3O4. The molecule has 1 fully saturated rings. The van der Waals surface area contributed by atoms with Crippen molar-refractivity contribution in [1.82, 2.24) is 4.90 Å². The maximum absolute atomic E-state index is 12.1. The summed E-state index contributed by atoms with van der Waals surface area (Å²) in [5.74, 6) is -1.63. The highest BCUT2D eigenvalue weighted by atomic mass is 16.4. The normalized spacial score (nSPS) is 15.8. The molecule has 2 rings (SSSR count). The maximum atomic E-state index is 12.1. The number of likely N-dealkylation sites (tertiary alicyclic amines) is 1. The summed E-state index contributed by atoms with van der Waals surface area (Å²) in [6.45, 7) is 0.989. The zero-order valence-corrected chi connectivity index (χ0v) is 12.4. The molecule has 7 nitrogen and oxygen atoms in total. The Hall–Kier alpha value is -3.01. The van der Waals surface area contributed by atoms with E-state index in [2.05, 4.69) is 5.32 Å². The van der Waals surface area contributed by atoms with Crippen LogP contribution in [0.4, 0.5) is 5.69 Å². The van der Waals surface area contributed by atoms with E-state index in [1.54, 1.807) is 4.90 Å². The van der Waals surface area contributed by atoms with Crippen LogP contribution in [-0.4, -0.2) is 40.1 Å². The van der Waals surface area contributed by atoms with Crippen LogP contribution in [-0.2, 0) is 9.59 Å². The van der Waals surface area contributed by atoms with Crippen molar-refractivity contribution < 1.29 is 19.8 Å². The second-order valence-electron chi connectivity index (χ2n) is 5.30. The standard InChI is InChI=1S/C16H17N3O4/c17-9-12(10-19-7-5-11(6-8-19)16(22)23)15(21)18-13-1-3-14(20)4-2-13/h1-4,10-11,20H,5-8H2,(H,18,21)(H,22,23)/b12-10-. The number of anilines is 1. The number of nitrogens with one attached hydrogen (secondary N) is 1. The zero-order valence-electron chi connectivity index (χ0n) is 12.4. The molecule has 1 heterocycles. The molecule has 23 heavy (non-hydrogen) atoms. The molecule has 0 unspecified atom stereocenters. The summed E-state index contributed by atoms with van der Waals surface area (Å²) in [7, 11) is 0. The molecule has 0 atom stereocenters. The first-order valence-corrected chi connectivity index (χ1v) is 7.18. The number of nitrogens with zero attached hydrogens (tertiary/aromatic N) is 2. The van der Waals surface area contributed by atoms with Gasteiger partial charge in [0.25, 0.3) is 5.91 Å². The minimum atomic E-state index is -0.806. The van der Waals surface area contributed by atoms with Gasteiger partial charge in [-0.3, -0.25) is 9.59 Å². The Balaban J connectivity index is 1.99. The van der Waals surface area contributed by atoms with Crippen molar-refractivity contribution in [3.63, 3.8) is 0 Å². The van der Waals surface area contributed by atoms with Gasteiger partial charge in [-0.1, -0.05) is 0 Å². The lowest BCUT2D eigenvalue weighted by molar-refractivity contribution is -0.143. The summed E-state index contributed by atoms with van der Waals surface area (Å²) in [4.78, 5) is 24.8. The second kappa shape index (κ2) is 7.31. The molecule has 7 heteroatoms. The number of rotatable bonds is 4. The van der Waals surface area contributed by atoms with E-state index >= 15 is 0 Å². The lowest BCUT2D eigenvalue weighted by atomic mass is 9.97. The van der Waals surface area contributed by atoms with Gasteiger partial charge in [-0.05, 0) is 37.1 Å². The van der Waals surface area contributed by atoms with Gasteiger partial charge in [0.05, 0.1) is 5.92 Å². The average Bonchev–Trinajstić information content (AvgIpc) is 2.55. The van der Waals surface area contributed by atoms with Crippen LogP contribution in [0.15, 0.2) is 36.0 Å². The predicted molar refractivity (Wildman–Crippen MR) is 82.4 cm³/mol. The second-order valence-corrected chi connectivity index (χ2v) is 5.30. The van der Waals surface area contributed by atoms with Crippen LogP contribution in [0.2, 0.25) is 0 Å². The molecule has 1 aliphatic rings. The summed E-state index contributed by atoms with van der Waals surface area (Å²) < 4.78 is 0. The Morgan fingerprint density at radius 1 is 1.26 bits per heavy atom. The first-order valence-electron chi connectivity index (χ1n) is 7.18. The SMILES string of the molecule is N#C/C(=C/N1CCC(C(=O)O)CC1)C(=O)Nc1ccc(O)cc1. The Morgan fingerprint density at radius 2 is 1.87 bits per heavy atom. The third-order valence-electron chi connectivity index (χ3n) is 3.68. The quantitative estimate of drug-likeness (QED) is 0.441. The molecule has 120 valence electrons. The third-order valence-corrected chi connectivity index (χ3v) is 3.68. The van der Waals surface area contributed by atoms with Crippen LogP contribution in [0, 0.1) is 17.2 Å². The van der Waals surface area contributed by atoms with Gasteiger partial charge < -0.3 is 20.4 Å². The number of carbonyl (C=O) groups excluding carboxylic acids is 1. The number of piperidine rings is 1. The number of hydrogen-bond acceptors (Lipinski definition) is 5. The molecule has 3 N–H and O–H groups in total. The minimum Gasteiger partial charge on any atom is -0.508 e. The smallest absolute Gasteiger partial charge is 0.306 e. The lowest BCUT2D eigenvalue weighted by Crippen LogP contribution is -2.33. The zero-order chi connectivity index (χ0) is 16.8. The molecule has 0 spiro atoms. The summed E-state index contributed by atoms with van der Waals surface area (Å²) in [5.41, 5.74) is 0.422. The minimum absolute atomic E-state index is 0.0492. The number of carboxylic acids is 1. The van der Waals surface area contributed by atoms with Gasteiger partial charge in [-0.2, -0.15) is 5.26 Å². The van der Waals surface area contributed by atoms with Crippen LogP contribution in [0.5, 0.6) is 5.75 Å². The van der Waals surface area contributed by atoms with Crippen molar-refractivity contribution >= 4 is 17.6 Å². The van der Waals surface area contributed by atoms with Gasteiger partial charge in [0.15, 0.2) is 0 Å². The number of aromatic hydroxyl groups is 1. The summed E-state index contributed by atoms with van der Waals surface area (Å²) >= 11 is 0. The first-order chi connectivity index (χ1) is 11.0. The van der Waals surface area contributed by atoms with Gasteiger partial charge >= 0.3 is 5.97 Å². The number of carboxylic acid groups (broad SMARTS) is 1. The highest BCUT2D eigenvalue weighted by molar-refractivity contribution is 6.06. The Morgan fingerprint density at radius 3 is 2.39 bits per heavy atom. The van der Waals surface area contributed by atoms with Crippen molar-refractivity contribution in [2.75, 3.05) is 18.4 Å². The van der Waals surface area contributed by atoms with Crippen LogP contribution in [0.1, 0.15) is 12.8 Å². The van der Waals surface area contributed by atoms with Gasteiger partial charge in [0, 0.05) is 25.0 Å². The summed E-state index contributed by atoms with van der Waals surface area (Å²) in [5, 5.41) is 29.9. The van der Waals surface area contributed by atoms with Gasteiger partial charge in [0.2, 0.25) is 0 Å². The molecule has 0 aromatic heterocycles. The summed E-state index contributed by atoms with van der Waals surface area (Å²) in [6, 6.07) is 7.78. The number of aliphatic carboxylic acids is 1. The molecule has 0 bridgehead atoms. The molecule has 1 amide bonds. The van der Waals surface area contributed by atoms with E-state index in [0.717, 1.165) is 0 Å². The van der Waals surface area contributed by atoms with E-state index in [9.17, 15) is 14.7 Å². The van der Waals surface area contributed by atoms with Gasteiger partial charge in [-0.25, -0.2) is 0 Å². The van der Waals surface area contributed by atoms with E-state index in [1.165, 1.54) is 30.5 Å². The Kier molecular flexibility index (Phi) is 5.20. The Labute approximate surface area is 133 Å². The van der Waals surface area contributed by atoms with Gasteiger partial charge in [-0.15, -0.1) is 0 Å². The fourth-order valence-electron chi connectivity index (χ4n) is 2.34. The number of nitriles is 1. The van der Waals surface area contributed by atoms with E-state index < -0.39 is 11.9 Å². The van der Waals surface area contributed by atoms with Crippen molar-refractivity contribution in [3.05, 3.63) is 36.0 Å². The van der Waals surface area contributed by atoms with Crippen LogP contribution < -0.4 is 5.32 Å². The molecule has 0 aliphatic carbocycles. The van der Waals surface area contributed by atoms with E-state index in [-0.39, 0.29) is 17.2 Å². The Bertz CT molecular complexity index is 653. The lowest BCUT2D eigenvalue weighted by Gasteiger charge is -2.29. The molecule has 1 aliphatic heterocycles. The molecule has 1 aromatic carbocycles. The number of hydrogen-bond donors (Lipinski definition) is 3. The fraction of sp³-hybridized carbons (Fsp3) is 0.312. The summed E-state index contributed by atoms with van der Waals surface area (Å²) in [6.07, 6.45) is 2.45. The van der Waals surface area contributed by atoms with E-state index in [4.69, 9.17) is 10.4 Å². The molecule has 1 aromatic rings. The van der Waals surface area contributed by atoms with Crippen molar-refractivity contribution in [1.29, 1.82) is 5.26 Å². The molecule has 1 saturated heterocycles. The van der Waals surface area contributed by atoms with Crippen LogP contribution >= 0.6 is 0 Å². The third kappa shape index (κ3) is 4.48. The molecular weight excluding hydrogens is 298 g/mol. The van der Waals surface area contributed by atoms with E-state index in [0.29, 0.717) is 31.6 Å². The van der Waals surface area contributed by atoms with Crippen LogP contribution in [0.25, 0.3) is 0 Å². The molecule has 0 radical (unpaired) electrons. The highest BCUT2D eigenvalue weighted by Gasteiger charge is 2.24.